The smallest absolute Gasteiger partial charge is 0.120 e. The van der Waals surface area contributed by atoms with Gasteiger partial charge in [0.05, 0.1) is 11.7 Å². The number of hydrogen-bond donors (Lipinski definition) is 0. The van der Waals surface area contributed by atoms with E-state index < -0.39 is 0 Å². The second kappa shape index (κ2) is 5.42. The van der Waals surface area contributed by atoms with Gasteiger partial charge in [-0.05, 0) is 45.4 Å². The highest BCUT2D eigenvalue weighted by atomic mass is 16.5. The molecular formula is C17H20N2O. The zero-order valence-corrected chi connectivity index (χ0v) is 12.7. The molecule has 2 aromatic rings. The highest BCUT2D eigenvalue weighted by Gasteiger charge is 2.17. The Morgan fingerprint density at radius 2 is 1.90 bits per heavy atom. The normalized spacial score (nSPS) is 10.7. The van der Waals surface area contributed by atoms with E-state index in [1.165, 1.54) is 0 Å². The molecule has 0 aliphatic rings. The molecule has 104 valence electrons. The molecule has 0 N–H and O–H groups in total. The van der Waals surface area contributed by atoms with Gasteiger partial charge in [0.25, 0.3) is 0 Å². The van der Waals surface area contributed by atoms with E-state index in [9.17, 15) is 5.26 Å². The molecule has 0 unspecified atom stereocenters. The molecule has 20 heavy (non-hydrogen) atoms. The second-order valence-electron chi connectivity index (χ2n) is 5.29. The van der Waals surface area contributed by atoms with Crippen LogP contribution in [0.5, 0.6) is 5.75 Å². The number of ether oxygens (including phenoxy) is 1. The largest absolute Gasteiger partial charge is 0.491 e. The SMILES string of the molecule is Cc1c(C#N)c(-c2cccc(OC(C)C)c2)c(C)n1C. The van der Waals surface area contributed by atoms with E-state index in [0.29, 0.717) is 0 Å². The fraction of sp³-hybridized carbons (Fsp3) is 0.353. The lowest BCUT2D eigenvalue weighted by molar-refractivity contribution is 0.242. The third-order valence-corrected chi connectivity index (χ3v) is 3.59. The van der Waals surface area contributed by atoms with Crippen molar-refractivity contribution >= 4 is 0 Å². The fourth-order valence-electron chi connectivity index (χ4n) is 2.44. The molecule has 1 aromatic carbocycles. The third kappa shape index (κ3) is 2.42. The maximum Gasteiger partial charge on any atom is 0.120 e. The Labute approximate surface area is 120 Å². The minimum atomic E-state index is 0.138. The van der Waals surface area contributed by atoms with Gasteiger partial charge in [-0.15, -0.1) is 0 Å². The van der Waals surface area contributed by atoms with Crippen molar-refractivity contribution in [3.8, 4) is 22.9 Å². The number of aromatic nitrogens is 1. The number of benzene rings is 1. The lowest BCUT2D eigenvalue weighted by atomic mass is 10.0. The van der Waals surface area contributed by atoms with E-state index in [2.05, 4.69) is 10.6 Å². The van der Waals surface area contributed by atoms with Gasteiger partial charge in [0.2, 0.25) is 0 Å². The summed E-state index contributed by atoms with van der Waals surface area (Å²) in [6.45, 7) is 8.03. The van der Waals surface area contributed by atoms with Crippen molar-refractivity contribution in [2.45, 2.75) is 33.8 Å². The summed E-state index contributed by atoms with van der Waals surface area (Å²) in [7, 11) is 1.99. The first kappa shape index (κ1) is 14.2. The van der Waals surface area contributed by atoms with E-state index in [4.69, 9.17) is 4.74 Å². The minimum absolute atomic E-state index is 0.138. The van der Waals surface area contributed by atoms with Crippen LogP contribution in [0, 0.1) is 25.2 Å². The molecule has 1 heterocycles. The highest BCUT2D eigenvalue weighted by Crippen LogP contribution is 2.33. The Morgan fingerprint density at radius 1 is 1.20 bits per heavy atom. The molecule has 2 rings (SSSR count). The summed E-state index contributed by atoms with van der Waals surface area (Å²) >= 11 is 0. The van der Waals surface area contributed by atoms with E-state index in [-0.39, 0.29) is 6.10 Å². The molecule has 0 aliphatic heterocycles. The number of nitriles is 1. The maximum absolute atomic E-state index is 9.42. The van der Waals surface area contributed by atoms with Crippen LogP contribution in [0.4, 0.5) is 0 Å². The van der Waals surface area contributed by atoms with E-state index in [1.54, 1.807) is 0 Å². The topological polar surface area (TPSA) is 37.9 Å². The van der Waals surface area contributed by atoms with Crippen LogP contribution in [0.3, 0.4) is 0 Å². The Balaban J connectivity index is 2.58. The maximum atomic E-state index is 9.42. The molecule has 0 fully saturated rings. The first-order valence-electron chi connectivity index (χ1n) is 6.78. The summed E-state index contributed by atoms with van der Waals surface area (Å²) in [4.78, 5) is 0. The Hall–Kier alpha value is -2.21. The van der Waals surface area contributed by atoms with Gasteiger partial charge in [-0.1, -0.05) is 12.1 Å². The van der Waals surface area contributed by atoms with Crippen molar-refractivity contribution in [1.29, 1.82) is 5.26 Å². The number of hydrogen-bond acceptors (Lipinski definition) is 2. The predicted octanol–water partition coefficient (Wildman–Crippen LogP) is 3.97. The van der Waals surface area contributed by atoms with Crippen molar-refractivity contribution < 1.29 is 4.74 Å². The molecule has 0 aliphatic carbocycles. The standard InChI is InChI=1S/C17H20N2O/c1-11(2)20-15-8-6-7-14(9-15)17-13(4)19(5)12(3)16(17)10-18/h6-9,11H,1-5H3. The molecule has 0 saturated carbocycles. The third-order valence-electron chi connectivity index (χ3n) is 3.59. The van der Waals surface area contributed by atoms with Gasteiger partial charge in [0, 0.05) is 24.0 Å². The van der Waals surface area contributed by atoms with Crippen molar-refractivity contribution in [3.63, 3.8) is 0 Å². The van der Waals surface area contributed by atoms with Crippen molar-refractivity contribution in [2.24, 2.45) is 7.05 Å². The molecular weight excluding hydrogens is 248 g/mol. The first-order valence-corrected chi connectivity index (χ1v) is 6.78. The van der Waals surface area contributed by atoms with Crippen LogP contribution in [0.2, 0.25) is 0 Å². The van der Waals surface area contributed by atoms with Gasteiger partial charge in [-0.25, -0.2) is 0 Å². The summed E-state index contributed by atoms with van der Waals surface area (Å²) in [6.07, 6.45) is 0.138. The van der Waals surface area contributed by atoms with Crippen LogP contribution in [0.1, 0.15) is 30.8 Å². The summed E-state index contributed by atoms with van der Waals surface area (Å²) in [5.41, 5.74) is 4.87. The van der Waals surface area contributed by atoms with Gasteiger partial charge in [-0.3, -0.25) is 0 Å². The molecule has 3 nitrogen and oxygen atoms in total. The molecule has 0 spiro atoms. The molecule has 0 bridgehead atoms. The van der Waals surface area contributed by atoms with Crippen LogP contribution >= 0.6 is 0 Å². The zero-order valence-electron chi connectivity index (χ0n) is 12.7. The van der Waals surface area contributed by atoms with E-state index in [1.807, 2.05) is 59.0 Å². The molecule has 3 heteroatoms. The van der Waals surface area contributed by atoms with Crippen LogP contribution in [-0.4, -0.2) is 10.7 Å². The van der Waals surface area contributed by atoms with Crippen LogP contribution in [0.25, 0.3) is 11.1 Å². The lowest BCUT2D eigenvalue weighted by Crippen LogP contribution is -2.05. The number of nitrogens with zero attached hydrogens (tertiary/aromatic N) is 2. The summed E-state index contributed by atoms with van der Waals surface area (Å²) in [5, 5.41) is 9.42. The summed E-state index contributed by atoms with van der Waals surface area (Å²) in [6, 6.07) is 10.3. The molecule has 0 amide bonds. The van der Waals surface area contributed by atoms with E-state index in [0.717, 1.165) is 33.8 Å². The van der Waals surface area contributed by atoms with Crippen molar-refractivity contribution in [3.05, 3.63) is 41.2 Å². The average molecular weight is 268 g/mol. The lowest BCUT2D eigenvalue weighted by Gasteiger charge is -2.11. The van der Waals surface area contributed by atoms with Crippen molar-refractivity contribution in [2.75, 3.05) is 0 Å². The van der Waals surface area contributed by atoms with Crippen LogP contribution in [-0.2, 0) is 7.05 Å². The summed E-state index contributed by atoms with van der Waals surface area (Å²) < 4.78 is 7.80. The quantitative estimate of drug-likeness (QED) is 0.844. The average Bonchev–Trinajstić information content (AvgIpc) is 2.62. The second-order valence-corrected chi connectivity index (χ2v) is 5.29. The Morgan fingerprint density at radius 3 is 2.50 bits per heavy atom. The van der Waals surface area contributed by atoms with E-state index >= 15 is 0 Å². The van der Waals surface area contributed by atoms with Gasteiger partial charge >= 0.3 is 0 Å². The number of rotatable bonds is 3. The monoisotopic (exact) mass is 268 g/mol. The van der Waals surface area contributed by atoms with Gasteiger partial charge < -0.3 is 9.30 Å². The molecule has 0 radical (unpaired) electrons. The highest BCUT2D eigenvalue weighted by molar-refractivity contribution is 5.75. The van der Waals surface area contributed by atoms with Gasteiger partial charge in [-0.2, -0.15) is 5.26 Å². The van der Waals surface area contributed by atoms with Crippen LogP contribution < -0.4 is 4.74 Å². The molecule has 0 saturated heterocycles. The Kier molecular flexibility index (Phi) is 3.85. The van der Waals surface area contributed by atoms with Gasteiger partial charge in [0.1, 0.15) is 11.8 Å². The first-order chi connectivity index (χ1) is 9.45. The van der Waals surface area contributed by atoms with Crippen LogP contribution in [0.15, 0.2) is 24.3 Å². The minimum Gasteiger partial charge on any atom is -0.491 e. The fourth-order valence-corrected chi connectivity index (χ4v) is 2.44. The predicted molar refractivity (Wildman–Crippen MR) is 80.8 cm³/mol. The molecule has 0 atom stereocenters. The zero-order chi connectivity index (χ0) is 14.9. The van der Waals surface area contributed by atoms with Crippen molar-refractivity contribution in [1.82, 2.24) is 4.57 Å². The Bertz CT molecular complexity index is 675. The van der Waals surface area contributed by atoms with Gasteiger partial charge in [0.15, 0.2) is 0 Å². The summed E-state index contributed by atoms with van der Waals surface area (Å²) in [5.74, 6) is 0.835. The molecule has 1 aromatic heterocycles.